The summed E-state index contributed by atoms with van der Waals surface area (Å²) < 4.78 is 11.1. The first-order chi connectivity index (χ1) is 18.6. The molecule has 14 nitrogen and oxygen atoms in total. The molecule has 0 radical (unpaired) electrons. The summed E-state index contributed by atoms with van der Waals surface area (Å²) in [4.78, 5) is 57.9. The summed E-state index contributed by atoms with van der Waals surface area (Å²) in [7, 11) is 1.33. The molecular formula is C24H16N4O10S. The van der Waals surface area contributed by atoms with Crippen LogP contribution in [0.4, 0.5) is 21.9 Å². The van der Waals surface area contributed by atoms with Crippen molar-refractivity contribution in [3.05, 3.63) is 107 Å². The summed E-state index contributed by atoms with van der Waals surface area (Å²) in [5, 5.41) is 32.9. The van der Waals surface area contributed by atoms with E-state index in [1.807, 2.05) is 0 Å². The summed E-state index contributed by atoms with van der Waals surface area (Å²) in [6, 6.07) is 12.9. The second kappa shape index (κ2) is 11.0. The highest BCUT2D eigenvalue weighted by Crippen LogP contribution is 2.42. The van der Waals surface area contributed by atoms with E-state index < -0.39 is 37.3 Å². The number of ether oxygens (including phenoxy) is 2. The summed E-state index contributed by atoms with van der Waals surface area (Å²) in [6.07, 6.45) is 1.36. The molecule has 1 aliphatic rings. The van der Waals surface area contributed by atoms with Crippen molar-refractivity contribution in [2.45, 2.75) is 6.54 Å². The van der Waals surface area contributed by atoms with Gasteiger partial charge in [-0.05, 0) is 35.5 Å². The molecule has 0 saturated carbocycles. The minimum atomic E-state index is -0.832. The second-order valence-electron chi connectivity index (χ2n) is 7.84. The normalized spacial score (nSPS) is 14.0. The molecule has 0 unspecified atom stereocenters. The smallest absolute Gasteiger partial charge is 0.318 e. The summed E-state index contributed by atoms with van der Waals surface area (Å²) in [5.74, 6) is -0.824. The molecule has 1 aliphatic heterocycles. The molecule has 0 bridgehead atoms. The number of hydrogen-bond donors (Lipinski definition) is 0. The second-order valence-corrected chi connectivity index (χ2v) is 8.83. The topological polar surface area (TPSA) is 185 Å². The van der Waals surface area contributed by atoms with Gasteiger partial charge in [0.15, 0.2) is 11.5 Å². The van der Waals surface area contributed by atoms with E-state index in [1.54, 1.807) is 6.07 Å². The lowest BCUT2D eigenvalue weighted by atomic mass is 10.1. The van der Waals surface area contributed by atoms with E-state index in [-0.39, 0.29) is 39.9 Å². The van der Waals surface area contributed by atoms with Crippen LogP contribution < -0.4 is 9.47 Å². The number of non-ortho nitro benzene ring substituents is 2. The molecule has 1 heterocycles. The van der Waals surface area contributed by atoms with Crippen LogP contribution in [0.3, 0.4) is 0 Å². The standard InChI is InChI=1S/C24H16N4O10S/c1-37-20-4-2-3-15(22(20)38-19-10-9-17(27(33)34)12-18(19)28(35)36)11-21-23(29)25(24(30)39-21)13-14-5-7-16(8-6-14)26(31)32/h2-12H,13H2,1H3/b21-11-. The van der Waals surface area contributed by atoms with Crippen LogP contribution in [0.15, 0.2) is 65.6 Å². The Morgan fingerprint density at radius 2 is 1.54 bits per heavy atom. The van der Waals surface area contributed by atoms with Crippen LogP contribution in [0.2, 0.25) is 0 Å². The minimum absolute atomic E-state index is 0.0261. The Hall–Kier alpha value is -5.31. The van der Waals surface area contributed by atoms with Crippen LogP contribution in [0, 0.1) is 30.3 Å². The van der Waals surface area contributed by atoms with Crippen LogP contribution in [0.25, 0.3) is 6.08 Å². The lowest BCUT2D eigenvalue weighted by molar-refractivity contribution is -0.394. The Morgan fingerprint density at radius 3 is 2.15 bits per heavy atom. The maximum atomic E-state index is 13.1. The van der Waals surface area contributed by atoms with Crippen molar-refractivity contribution in [3.8, 4) is 17.2 Å². The number of hydrogen-bond acceptors (Lipinski definition) is 11. The van der Waals surface area contributed by atoms with Gasteiger partial charge in [-0.25, -0.2) is 0 Å². The van der Waals surface area contributed by atoms with Gasteiger partial charge in [0, 0.05) is 23.8 Å². The quantitative estimate of drug-likeness (QED) is 0.187. The molecule has 2 amide bonds. The van der Waals surface area contributed by atoms with E-state index >= 15 is 0 Å². The molecular weight excluding hydrogens is 536 g/mol. The number of amides is 2. The Bertz CT molecular complexity index is 1550. The van der Waals surface area contributed by atoms with Crippen LogP contribution in [-0.4, -0.2) is 37.9 Å². The highest BCUT2D eigenvalue weighted by Gasteiger charge is 2.35. The zero-order chi connectivity index (χ0) is 28.3. The van der Waals surface area contributed by atoms with Crippen molar-refractivity contribution in [1.82, 2.24) is 4.90 Å². The SMILES string of the molecule is COc1cccc(/C=C2\SC(=O)N(Cc3ccc([N+](=O)[O-])cc3)C2=O)c1Oc1ccc([N+](=O)[O-])cc1[N+](=O)[O-]. The summed E-state index contributed by atoms with van der Waals surface area (Å²) >= 11 is 0.656. The van der Waals surface area contributed by atoms with E-state index in [1.165, 1.54) is 49.6 Å². The van der Waals surface area contributed by atoms with Crippen molar-refractivity contribution in [2.75, 3.05) is 7.11 Å². The van der Waals surface area contributed by atoms with Crippen LogP contribution in [-0.2, 0) is 11.3 Å². The molecule has 4 rings (SSSR count). The number of nitro groups is 3. The summed E-state index contributed by atoms with van der Waals surface area (Å²) in [6.45, 7) is -0.115. The molecule has 1 fully saturated rings. The Morgan fingerprint density at radius 1 is 0.872 bits per heavy atom. The first kappa shape index (κ1) is 26.7. The van der Waals surface area contributed by atoms with Gasteiger partial charge in [0.25, 0.3) is 22.5 Å². The van der Waals surface area contributed by atoms with Gasteiger partial charge in [-0.2, -0.15) is 0 Å². The van der Waals surface area contributed by atoms with Gasteiger partial charge < -0.3 is 9.47 Å². The first-order valence-corrected chi connectivity index (χ1v) is 11.7. The number of para-hydroxylation sites is 1. The van der Waals surface area contributed by atoms with E-state index in [9.17, 15) is 39.9 Å². The summed E-state index contributed by atoms with van der Waals surface area (Å²) in [5.41, 5.74) is -0.560. The van der Waals surface area contributed by atoms with Crippen LogP contribution in [0.1, 0.15) is 11.1 Å². The molecule has 3 aromatic rings. The lowest BCUT2D eigenvalue weighted by Crippen LogP contribution is -2.27. The first-order valence-electron chi connectivity index (χ1n) is 10.9. The van der Waals surface area contributed by atoms with E-state index in [0.29, 0.717) is 17.3 Å². The molecule has 0 aromatic heterocycles. The molecule has 39 heavy (non-hydrogen) atoms. The number of nitrogens with zero attached hydrogens (tertiary/aromatic N) is 4. The van der Waals surface area contributed by atoms with Gasteiger partial charge in [-0.3, -0.25) is 44.8 Å². The number of methoxy groups -OCH3 is 1. The van der Waals surface area contributed by atoms with Crippen molar-refractivity contribution >= 4 is 46.0 Å². The van der Waals surface area contributed by atoms with Crippen LogP contribution in [0.5, 0.6) is 17.2 Å². The third kappa shape index (κ3) is 5.67. The molecule has 0 spiro atoms. The Balaban J connectivity index is 1.66. The highest BCUT2D eigenvalue weighted by molar-refractivity contribution is 8.18. The third-order valence-electron chi connectivity index (χ3n) is 5.44. The predicted molar refractivity (Wildman–Crippen MR) is 137 cm³/mol. The zero-order valence-electron chi connectivity index (χ0n) is 19.8. The maximum Gasteiger partial charge on any atom is 0.318 e. The largest absolute Gasteiger partial charge is 0.493 e. The number of rotatable bonds is 9. The van der Waals surface area contributed by atoms with Crippen molar-refractivity contribution in [3.63, 3.8) is 0 Å². The number of imide groups is 1. The number of carbonyl (C=O) groups excluding carboxylic acids is 2. The van der Waals surface area contributed by atoms with Gasteiger partial charge >= 0.3 is 5.69 Å². The van der Waals surface area contributed by atoms with Gasteiger partial charge in [-0.15, -0.1) is 0 Å². The number of thioether (sulfide) groups is 1. The molecule has 15 heteroatoms. The Labute approximate surface area is 222 Å². The molecule has 198 valence electrons. The van der Waals surface area contributed by atoms with Gasteiger partial charge in [0.05, 0.1) is 39.4 Å². The van der Waals surface area contributed by atoms with E-state index in [4.69, 9.17) is 9.47 Å². The van der Waals surface area contributed by atoms with Gasteiger partial charge in [-0.1, -0.05) is 24.3 Å². The zero-order valence-corrected chi connectivity index (χ0v) is 20.7. The van der Waals surface area contributed by atoms with Crippen molar-refractivity contribution in [2.24, 2.45) is 0 Å². The molecule has 0 atom stereocenters. The predicted octanol–water partition coefficient (Wildman–Crippen LogP) is 5.45. The molecule has 0 N–H and O–H groups in total. The highest BCUT2D eigenvalue weighted by atomic mass is 32.2. The molecule has 3 aromatic carbocycles. The molecule has 0 aliphatic carbocycles. The minimum Gasteiger partial charge on any atom is -0.493 e. The van der Waals surface area contributed by atoms with Gasteiger partial charge in [0.2, 0.25) is 5.75 Å². The van der Waals surface area contributed by atoms with Gasteiger partial charge in [0.1, 0.15) is 0 Å². The van der Waals surface area contributed by atoms with Crippen molar-refractivity contribution < 1.29 is 33.8 Å². The fourth-order valence-corrected chi connectivity index (χ4v) is 4.39. The third-order valence-corrected chi connectivity index (χ3v) is 6.35. The average molecular weight is 552 g/mol. The average Bonchev–Trinajstić information content (AvgIpc) is 3.17. The fourth-order valence-electron chi connectivity index (χ4n) is 3.56. The van der Waals surface area contributed by atoms with Crippen LogP contribution >= 0.6 is 11.8 Å². The van der Waals surface area contributed by atoms with E-state index in [2.05, 4.69) is 0 Å². The maximum absolute atomic E-state index is 13.1. The monoisotopic (exact) mass is 552 g/mol. The number of carbonyl (C=O) groups is 2. The van der Waals surface area contributed by atoms with E-state index in [0.717, 1.165) is 23.1 Å². The Kier molecular flexibility index (Phi) is 7.53. The van der Waals surface area contributed by atoms with Crippen molar-refractivity contribution in [1.29, 1.82) is 0 Å². The lowest BCUT2D eigenvalue weighted by Gasteiger charge is -2.14. The fraction of sp³-hybridized carbons (Fsp3) is 0.0833. The number of nitro benzene ring substituents is 3. The molecule has 1 saturated heterocycles. The number of benzene rings is 3.